The molecule has 0 amide bonds. The lowest BCUT2D eigenvalue weighted by Gasteiger charge is -2.00. The third-order valence-corrected chi connectivity index (χ3v) is 1.64. The van der Waals surface area contributed by atoms with Crippen LogP contribution < -0.4 is 4.74 Å². The third kappa shape index (κ3) is 2.38. The van der Waals surface area contributed by atoms with Crippen molar-refractivity contribution in [3.63, 3.8) is 0 Å². The van der Waals surface area contributed by atoms with Gasteiger partial charge in [0.25, 0.3) is 0 Å². The zero-order valence-electron chi connectivity index (χ0n) is 7.74. The summed E-state index contributed by atoms with van der Waals surface area (Å²) < 4.78 is 7.46. The molecule has 0 aliphatic carbocycles. The summed E-state index contributed by atoms with van der Waals surface area (Å²) in [5, 5.41) is 0. The summed E-state index contributed by atoms with van der Waals surface area (Å²) >= 11 is 0. The summed E-state index contributed by atoms with van der Waals surface area (Å²) in [7, 11) is 3.91. The van der Waals surface area contributed by atoms with Crippen molar-refractivity contribution in [2.24, 2.45) is 0 Å². The monoisotopic (exact) mass is 164 g/mol. The zero-order valence-corrected chi connectivity index (χ0v) is 7.74. The largest absolute Gasteiger partial charge is 0.409 e. The van der Waals surface area contributed by atoms with E-state index in [2.05, 4.69) is 0 Å². The van der Waals surface area contributed by atoms with Crippen LogP contribution in [0.1, 0.15) is 6.92 Å². The van der Waals surface area contributed by atoms with E-state index >= 15 is 0 Å². The number of ether oxygens (including phenoxy) is 1. The second-order valence-corrected chi connectivity index (χ2v) is 2.83. The maximum Gasteiger partial charge on any atom is 0.338 e. The van der Waals surface area contributed by atoms with Gasteiger partial charge in [0.15, 0.2) is 0 Å². The number of rotatable bonds is 1. The molecule has 2 heteroatoms. The van der Waals surface area contributed by atoms with Crippen LogP contribution >= 0.6 is 0 Å². The lowest BCUT2D eigenvalue weighted by molar-refractivity contribution is -0.472. The average Bonchev–Trinajstić information content (AvgIpc) is 2.06. The van der Waals surface area contributed by atoms with Gasteiger partial charge in [0.2, 0.25) is 0 Å². The zero-order chi connectivity index (χ0) is 8.97. The van der Waals surface area contributed by atoms with Crippen molar-refractivity contribution < 1.29 is 9.31 Å². The molecule has 12 heavy (non-hydrogen) atoms. The fraction of sp³-hybridized carbons (Fsp3) is 0.300. The molecule has 64 valence electrons. The molecule has 0 saturated heterocycles. The summed E-state index contributed by atoms with van der Waals surface area (Å²) in [5.74, 6) is 1.77. The van der Waals surface area contributed by atoms with Crippen LogP contribution in [0.5, 0.6) is 5.75 Å². The number of para-hydroxylation sites is 1. The lowest BCUT2D eigenvalue weighted by Crippen LogP contribution is -2.15. The van der Waals surface area contributed by atoms with Crippen molar-refractivity contribution in [1.82, 2.24) is 0 Å². The minimum absolute atomic E-state index is 0.878. The fourth-order valence-electron chi connectivity index (χ4n) is 0.750. The first kappa shape index (κ1) is 8.78. The van der Waals surface area contributed by atoms with E-state index in [-0.39, 0.29) is 0 Å². The van der Waals surface area contributed by atoms with Crippen LogP contribution in [-0.4, -0.2) is 24.6 Å². The van der Waals surface area contributed by atoms with Crippen LogP contribution in [0, 0.1) is 0 Å². The van der Waals surface area contributed by atoms with E-state index in [1.807, 2.05) is 55.9 Å². The van der Waals surface area contributed by atoms with Crippen molar-refractivity contribution in [3.05, 3.63) is 30.3 Å². The average molecular weight is 164 g/mol. The molecule has 0 aromatic heterocycles. The molecule has 2 nitrogen and oxygen atoms in total. The Kier molecular flexibility index (Phi) is 2.86. The third-order valence-electron chi connectivity index (χ3n) is 1.64. The second kappa shape index (κ2) is 3.90. The van der Waals surface area contributed by atoms with Gasteiger partial charge in [-0.1, -0.05) is 18.2 Å². The molecule has 0 N–H and O–H groups in total. The fourth-order valence-corrected chi connectivity index (χ4v) is 0.750. The quantitative estimate of drug-likeness (QED) is 0.350. The van der Waals surface area contributed by atoms with Crippen LogP contribution in [0.25, 0.3) is 0 Å². The van der Waals surface area contributed by atoms with Gasteiger partial charge in [-0.3, -0.25) is 0 Å². The Balaban J connectivity index is 2.72. The summed E-state index contributed by atoms with van der Waals surface area (Å²) in [4.78, 5) is 0. The summed E-state index contributed by atoms with van der Waals surface area (Å²) in [6, 6.07) is 9.76. The molecule has 1 aromatic carbocycles. The van der Waals surface area contributed by atoms with Gasteiger partial charge in [0.05, 0.1) is 6.92 Å². The van der Waals surface area contributed by atoms with Crippen molar-refractivity contribution in [3.8, 4) is 5.75 Å². The molecule has 0 heterocycles. The minimum atomic E-state index is 0.878. The first-order valence-corrected chi connectivity index (χ1v) is 3.94. The Labute approximate surface area is 73.1 Å². The van der Waals surface area contributed by atoms with E-state index in [0.29, 0.717) is 0 Å². The van der Waals surface area contributed by atoms with E-state index in [9.17, 15) is 0 Å². The van der Waals surface area contributed by atoms with Crippen LogP contribution in [0.4, 0.5) is 0 Å². The highest BCUT2D eigenvalue weighted by Crippen LogP contribution is 2.08. The first-order valence-electron chi connectivity index (χ1n) is 3.94. The van der Waals surface area contributed by atoms with E-state index in [0.717, 1.165) is 11.6 Å². The van der Waals surface area contributed by atoms with Gasteiger partial charge in [-0.05, 0) is 12.1 Å². The van der Waals surface area contributed by atoms with Crippen LogP contribution in [0.2, 0.25) is 0 Å². The Hall–Kier alpha value is -1.31. The summed E-state index contributed by atoms with van der Waals surface area (Å²) in [6.07, 6.45) is 0. The predicted molar refractivity (Wildman–Crippen MR) is 49.9 cm³/mol. The molecule has 1 aromatic rings. The number of nitrogens with zero attached hydrogens (tertiary/aromatic N) is 1. The molecule has 0 saturated carbocycles. The van der Waals surface area contributed by atoms with E-state index in [4.69, 9.17) is 4.74 Å². The van der Waals surface area contributed by atoms with Crippen molar-refractivity contribution in [1.29, 1.82) is 0 Å². The molecule has 1 rings (SSSR count). The Morgan fingerprint density at radius 1 is 1.17 bits per heavy atom. The molecular formula is C10H14NO+. The topological polar surface area (TPSA) is 12.2 Å². The Morgan fingerprint density at radius 2 is 1.75 bits per heavy atom. The van der Waals surface area contributed by atoms with Gasteiger partial charge >= 0.3 is 5.90 Å². The maximum absolute atomic E-state index is 5.52. The molecule has 0 bridgehead atoms. The number of hydrogen-bond acceptors (Lipinski definition) is 1. The number of benzene rings is 1. The second-order valence-electron chi connectivity index (χ2n) is 2.83. The van der Waals surface area contributed by atoms with Crippen molar-refractivity contribution >= 4 is 5.90 Å². The highest BCUT2D eigenvalue weighted by atomic mass is 16.5. The normalized spacial score (nSPS) is 9.25. The van der Waals surface area contributed by atoms with E-state index in [1.54, 1.807) is 0 Å². The van der Waals surface area contributed by atoms with Crippen molar-refractivity contribution in [2.45, 2.75) is 6.92 Å². The van der Waals surface area contributed by atoms with E-state index in [1.165, 1.54) is 0 Å². The van der Waals surface area contributed by atoms with Gasteiger partial charge < -0.3 is 4.74 Å². The molecule has 0 aliphatic rings. The van der Waals surface area contributed by atoms with Gasteiger partial charge in [-0.2, -0.15) is 0 Å². The van der Waals surface area contributed by atoms with Gasteiger partial charge in [-0.15, -0.1) is 0 Å². The molecule has 0 radical (unpaired) electrons. The van der Waals surface area contributed by atoms with Gasteiger partial charge in [-0.25, -0.2) is 4.58 Å². The highest BCUT2D eigenvalue weighted by molar-refractivity contribution is 5.70. The number of hydrogen-bond donors (Lipinski definition) is 0. The first-order chi connectivity index (χ1) is 5.70. The Morgan fingerprint density at radius 3 is 2.25 bits per heavy atom. The van der Waals surface area contributed by atoms with Crippen LogP contribution in [0.15, 0.2) is 30.3 Å². The van der Waals surface area contributed by atoms with Crippen LogP contribution in [0.3, 0.4) is 0 Å². The SMILES string of the molecule is CC(Oc1ccccc1)=[N+](C)C. The van der Waals surface area contributed by atoms with Crippen molar-refractivity contribution in [2.75, 3.05) is 14.1 Å². The maximum atomic E-state index is 5.52. The minimum Gasteiger partial charge on any atom is -0.409 e. The lowest BCUT2D eigenvalue weighted by atomic mass is 10.3. The molecular weight excluding hydrogens is 150 g/mol. The molecule has 0 spiro atoms. The summed E-state index contributed by atoms with van der Waals surface area (Å²) in [6.45, 7) is 1.94. The highest BCUT2D eigenvalue weighted by Gasteiger charge is 2.01. The summed E-state index contributed by atoms with van der Waals surface area (Å²) in [5.41, 5.74) is 0. The predicted octanol–water partition coefficient (Wildman–Crippen LogP) is 1.76. The molecule has 0 aliphatic heterocycles. The van der Waals surface area contributed by atoms with Gasteiger partial charge in [0.1, 0.15) is 19.8 Å². The van der Waals surface area contributed by atoms with E-state index < -0.39 is 0 Å². The molecule has 0 unspecified atom stereocenters. The standard InChI is InChI=1S/C10H14NO/c1-9(11(2)3)12-10-7-5-4-6-8-10/h4-8H,1-3H3/q+1. The van der Waals surface area contributed by atoms with Gasteiger partial charge in [0, 0.05) is 0 Å². The smallest absolute Gasteiger partial charge is 0.338 e. The van der Waals surface area contributed by atoms with Crippen LogP contribution in [-0.2, 0) is 0 Å². The Bertz CT molecular complexity index is 273. The molecule has 0 fully saturated rings. The molecule has 0 atom stereocenters.